The second kappa shape index (κ2) is 6.34. The summed E-state index contributed by atoms with van der Waals surface area (Å²) < 4.78 is 5.29. The maximum Gasteiger partial charge on any atom is 0.310 e. The predicted molar refractivity (Wildman–Crippen MR) is 68.8 cm³/mol. The highest BCUT2D eigenvalue weighted by atomic mass is 16.5. The first-order valence-corrected chi connectivity index (χ1v) is 6.96. The van der Waals surface area contributed by atoms with Crippen molar-refractivity contribution in [1.29, 1.82) is 0 Å². The van der Waals surface area contributed by atoms with Crippen LogP contribution in [-0.4, -0.2) is 72.2 Å². The third-order valence-electron chi connectivity index (χ3n) is 3.89. The summed E-state index contributed by atoms with van der Waals surface area (Å²) >= 11 is 0. The quantitative estimate of drug-likeness (QED) is 0.737. The number of carbonyl (C=O) groups excluding carboxylic acids is 1. The van der Waals surface area contributed by atoms with Gasteiger partial charge in [-0.2, -0.15) is 0 Å². The number of nitrogens with zero attached hydrogens (tertiary/aromatic N) is 2. The SMILES string of the molecule is CCCN(CC(=O)N1CCC1)C1COCC1C(=O)O. The number of ether oxygens (including phenoxy) is 1. The van der Waals surface area contributed by atoms with Gasteiger partial charge in [0, 0.05) is 19.1 Å². The molecule has 0 aliphatic carbocycles. The third-order valence-corrected chi connectivity index (χ3v) is 3.89. The van der Waals surface area contributed by atoms with E-state index in [0.717, 1.165) is 32.5 Å². The second-order valence-corrected chi connectivity index (χ2v) is 5.25. The largest absolute Gasteiger partial charge is 0.481 e. The van der Waals surface area contributed by atoms with Crippen molar-refractivity contribution in [3.05, 3.63) is 0 Å². The molecule has 0 saturated carbocycles. The Morgan fingerprint density at radius 2 is 2.11 bits per heavy atom. The predicted octanol–water partition coefficient (Wildman–Crippen LogP) is 0.0303. The molecule has 2 aliphatic heterocycles. The van der Waals surface area contributed by atoms with E-state index >= 15 is 0 Å². The van der Waals surface area contributed by atoms with Gasteiger partial charge in [-0.3, -0.25) is 14.5 Å². The zero-order valence-corrected chi connectivity index (χ0v) is 11.4. The van der Waals surface area contributed by atoms with Gasteiger partial charge >= 0.3 is 5.97 Å². The van der Waals surface area contributed by atoms with Crippen LogP contribution in [0.1, 0.15) is 19.8 Å². The Morgan fingerprint density at radius 1 is 1.37 bits per heavy atom. The fraction of sp³-hybridized carbons (Fsp3) is 0.846. The number of carboxylic acids is 1. The summed E-state index contributed by atoms with van der Waals surface area (Å²) in [6.07, 6.45) is 1.97. The van der Waals surface area contributed by atoms with E-state index in [1.807, 2.05) is 16.7 Å². The molecule has 19 heavy (non-hydrogen) atoms. The number of hydrogen-bond acceptors (Lipinski definition) is 4. The van der Waals surface area contributed by atoms with Crippen molar-refractivity contribution in [3.8, 4) is 0 Å². The van der Waals surface area contributed by atoms with Crippen LogP contribution >= 0.6 is 0 Å². The highest BCUT2D eigenvalue weighted by molar-refractivity contribution is 5.79. The number of amides is 1. The summed E-state index contributed by atoms with van der Waals surface area (Å²) in [5.41, 5.74) is 0. The molecule has 108 valence electrons. The minimum absolute atomic E-state index is 0.107. The fourth-order valence-corrected chi connectivity index (χ4v) is 2.63. The van der Waals surface area contributed by atoms with E-state index in [1.165, 1.54) is 0 Å². The van der Waals surface area contributed by atoms with Crippen molar-refractivity contribution in [3.63, 3.8) is 0 Å². The number of hydrogen-bond donors (Lipinski definition) is 1. The van der Waals surface area contributed by atoms with Crippen LogP contribution in [0.4, 0.5) is 0 Å². The highest BCUT2D eigenvalue weighted by Crippen LogP contribution is 2.21. The van der Waals surface area contributed by atoms with Crippen LogP contribution in [0, 0.1) is 5.92 Å². The minimum Gasteiger partial charge on any atom is -0.481 e. The van der Waals surface area contributed by atoms with E-state index in [1.54, 1.807) is 0 Å². The number of aliphatic carboxylic acids is 1. The Balaban J connectivity index is 1.97. The Morgan fingerprint density at radius 3 is 2.63 bits per heavy atom. The number of carbonyl (C=O) groups is 2. The molecule has 2 atom stereocenters. The summed E-state index contributed by atoms with van der Waals surface area (Å²) in [6.45, 7) is 5.41. The van der Waals surface area contributed by atoms with E-state index in [4.69, 9.17) is 4.74 Å². The molecule has 2 unspecified atom stereocenters. The molecular weight excluding hydrogens is 248 g/mol. The molecule has 6 heteroatoms. The molecule has 2 rings (SSSR count). The lowest BCUT2D eigenvalue weighted by molar-refractivity contribution is -0.145. The summed E-state index contributed by atoms with van der Waals surface area (Å²) in [5.74, 6) is -1.24. The van der Waals surface area contributed by atoms with Gasteiger partial charge in [-0.1, -0.05) is 6.92 Å². The van der Waals surface area contributed by atoms with Gasteiger partial charge in [-0.15, -0.1) is 0 Å². The second-order valence-electron chi connectivity index (χ2n) is 5.25. The maximum atomic E-state index is 12.0. The lowest BCUT2D eigenvalue weighted by Gasteiger charge is -2.35. The third kappa shape index (κ3) is 3.25. The monoisotopic (exact) mass is 270 g/mol. The van der Waals surface area contributed by atoms with E-state index in [2.05, 4.69) is 0 Å². The number of carboxylic acid groups (broad SMARTS) is 1. The smallest absolute Gasteiger partial charge is 0.310 e. The van der Waals surface area contributed by atoms with Gasteiger partial charge in [-0.25, -0.2) is 0 Å². The number of rotatable bonds is 6. The summed E-state index contributed by atoms with van der Waals surface area (Å²) in [4.78, 5) is 27.1. The summed E-state index contributed by atoms with van der Waals surface area (Å²) in [6, 6.07) is -0.178. The van der Waals surface area contributed by atoms with Crippen molar-refractivity contribution in [1.82, 2.24) is 9.80 Å². The van der Waals surface area contributed by atoms with Crippen molar-refractivity contribution < 1.29 is 19.4 Å². The van der Waals surface area contributed by atoms with Crippen LogP contribution in [-0.2, 0) is 14.3 Å². The maximum absolute atomic E-state index is 12.0. The van der Waals surface area contributed by atoms with Crippen LogP contribution in [0.5, 0.6) is 0 Å². The van der Waals surface area contributed by atoms with Crippen LogP contribution in [0.15, 0.2) is 0 Å². The average molecular weight is 270 g/mol. The van der Waals surface area contributed by atoms with E-state index in [0.29, 0.717) is 13.2 Å². The first kappa shape index (κ1) is 14.3. The van der Waals surface area contributed by atoms with Gasteiger partial charge in [0.1, 0.15) is 0 Å². The molecule has 0 aromatic heterocycles. The fourth-order valence-electron chi connectivity index (χ4n) is 2.63. The summed E-state index contributed by atoms with van der Waals surface area (Å²) in [5, 5.41) is 9.20. The van der Waals surface area contributed by atoms with Gasteiger partial charge < -0.3 is 14.7 Å². The topological polar surface area (TPSA) is 70.1 Å². The van der Waals surface area contributed by atoms with Crippen LogP contribution in [0.2, 0.25) is 0 Å². The normalized spacial score (nSPS) is 26.5. The van der Waals surface area contributed by atoms with Crippen molar-refractivity contribution >= 4 is 11.9 Å². The van der Waals surface area contributed by atoms with Gasteiger partial charge in [0.15, 0.2) is 0 Å². The van der Waals surface area contributed by atoms with E-state index in [-0.39, 0.29) is 18.6 Å². The van der Waals surface area contributed by atoms with Crippen LogP contribution < -0.4 is 0 Å². The van der Waals surface area contributed by atoms with Gasteiger partial charge in [-0.05, 0) is 19.4 Å². The Kier molecular flexibility index (Phi) is 4.76. The molecule has 0 aromatic carbocycles. The first-order valence-electron chi connectivity index (χ1n) is 6.96. The average Bonchev–Trinajstić information content (AvgIpc) is 2.74. The molecule has 2 saturated heterocycles. The molecule has 2 aliphatic rings. The molecule has 2 heterocycles. The molecule has 0 radical (unpaired) electrons. The van der Waals surface area contributed by atoms with Gasteiger partial charge in [0.05, 0.1) is 25.7 Å². The number of likely N-dealkylation sites (tertiary alicyclic amines) is 1. The zero-order chi connectivity index (χ0) is 13.8. The molecule has 0 aromatic rings. The molecule has 0 bridgehead atoms. The molecule has 6 nitrogen and oxygen atoms in total. The van der Waals surface area contributed by atoms with Gasteiger partial charge in [0.25, 0.3) is 0 Å². The van der Waals surface area contributed by atoms with E-state index in [9.17, 15) is 14.7 Å². The van der Waals surface area contributed by atoms with Crippen molar-refractivity contribution in [2.75, 3.05) is 39.4 Å². The Hall–Kier alpha value is -1.14. The lowest BCUT2D eigenvalue weighted by Crippen LogP contribution is -2.51. The Labute approximate surface area is 113 Å². The standard InChI is InChI=1S/C13H22N2O4/c1-2-4-15(7-12(16)14-5-3-6-14)11-9-19-8-10(11)13(17)18/h10-11H,2-9H2,1H3,(H,17,18). The van der Waals surface area contributed by atoms with Crippen molar-refractivity contribution in [2.45, 2.75) is 25.8 Å². The van der Waals surface area contributed by atoms with Gasteiger partial charge in [0.2, 0.25) is 5.91 Å². The lowest BCUT2D eigenvalue weighted by atomic mass is 10.0. The van der Waals surface area contributed by atoms with Crippen molar-refractivity contribution in [2.24, 2.45) is 5.92 Å². The molecule has 1 N–H and O–H groups in total. The molecular formula is C13H22N2O4. The van der Waals surface area contributed by atoms with Crippen LogP contribution in [0.25, 0.3) is 0 Å². The first-order chi connectivity index (χ1) is 9.13. The minimum atomic E-state index is -0.833. The Bertz CT molecular complexity index is 344. The molecule has 0 spiro atoms. The zero-order valence-electron chi connectivity index (χ0n) is 11.4. The summed E-state index contributed by atoms with van der Waals surface area (Å²) in [7, 11) is 0. The van der Waals surface area contributed by atoms with E-state index < -0.39 is 11.9 Å². The van der Waals surface area contributed by atoms with Crippen LogP contribution in [0.3, 0.4) is 0 Å². The highest BCUT2D eigenvalue weighted by Gasteiger charge is 2.38. The molecule has 2 fully saturated rings. The molecule has 1 amide bonds.